The zero-order valence-corrected chi connectivity index (χ0v) is 41.2. The number of hydrogen-bond donors (Lipinski definition) is 0. The Balaban J connectivity index is 1.18. The van der Waals surface area contributed by atoms with Crippen molar-refractivity contribution in [3.63, 3.8) is 0 Å². The molecule has 14 rings (SSSR count). The van der Waals surface area contributed by atoms with Gasteiger partial charge in [-0.2, -0.15) is 0 Å². The summed E-state index contributed by atoms with van der Waals surface area (Å²) in [7, 11) is 0. The van der Waals surface area contributed by atoms with Crippen LogP contribution in [0.4, 0.5) is 0 Å². The minimum atomic E-state index is -0.0910. The van der Waals surface area contributed by atoms with E-state index in [1.165, 1.54) is 147 Å². The van der Waals surface area contributed by atoms with Crippen LogP contribution in [0.3, 0.4) is 0 Å². The van der Waals surface area contributed by atoms with Crippen molar-refractivity contribution in [2.75, 3.05) is 0 Å². The van der Waals surface area contributed by atoms with Crippen molar-refractivity contribution in [2.24, 2.45) is 0 Å². The largest absolute Gasteiger partial charge is 0.307 e. The molecule has 0 saturated heterocycles. The van der Waals surface area contributed by atoms with Gasteiger partial charge in [-0.3, -0.25) is 0 Å². The van der Waals surface area contributed by atoms with Gasteiger partial charge in [0.25, 0.3) is 0 Å². The van der Waals surface area contributed by atoms with Crippen LogP contribution in [0.5, 0.6) is 0 Å². The predicted molar refractivity (Wildman–Crippen MR) is 308 cm³/mol. The van der Waals surface area contributed by atoms with Gasteiger partial charge < -0.3 is 4.57 Å². The van der Waals surface area contributed by atoms with Gasteiger partial charge in [0.1, 0.15) is 0 Å². The lowest BCUT2D eigenvalue weighted by Crippen LogP contribution is -2.17. The van der Waals surface area contributed by atoms with Gasteiger partial charge in [-0.25, -0.2) is 0 Å². The van der Waals surface area contributed by atoms with E-state index in [-0.39, 0.29) is 10.8 Å². The number of benzene rings is 13. The van der Waals surface area contributed by atoms with Crippen LogP contribution in [0, 0.1) is 0 Å². The molecule has 0 saturated carbocycles. The molecule has 0 aliphatic carbocycles. The van der Waals surface area contributed by atoms with E-state index >= 15 is 0 Å². The molecule has 1 heteroatoms. The van der Waals surface area contributed by atoms with Crippen molar-refractivity contribution < 1.29 is 0 Å². The fourth-order valence-corrected chi connectivity index (χ4v) is 13.0. The number of fused-ring (bicyclic) bond motifs is 10. The third-order valence-corrected chi connectivity index (χ3v) is 15.6. The molecule has 0 radical (unpaired) electrons. The van der Waals surface area contributed by atoms with Crippen molar-refractivity contribution in [3.05, 3.63) is 223 Å². The number of hydrogen-bond acceptors (Lipinski definition) is 0. The Morgan fingerprint density at radius 3 is 1.46 bits per heavy atom. The maximum absolute atomic E-state index is 2.64. The van der Waals surface area contributed by atoms with Crippen LogP contribution >= 0.6 is 0 Å². The molecule has 71 heavy (non-hydrogen) atoms. The monoisotopic (exact) mass is 907 g/mol. The Labute approximate surface area is 414 Å². The summed E-state index contributed by atoms with van der Waals surface area (Å²) in [5, 5.41) is 21.9. The highest BCUT2D eigenvalue weighted by Crippen LogP contribution is 2.53. The van der Waals surface area contributed by atoms with E-state index in [9.17, 15) is 0 Å². The molecule has 0 bridgehead atoms. The fraction of sp³-hybridized carbons (Fsp3) is 0.114. The van der Waals surface area contributed by atoms with Crippen LogP contribution in [-0.4, -0.2) is 4.57 Å². The fourth-order valence-electron chi connectivity index (χ4n) is 13.0. The second-order valence-corrected chi connectivity index (χ2v) is 21.9. The summed E-state index contributed by atoms with van der Waals surface area (Å²) in [4.78, 5) is 0. The van der Waals surface area contributed by atoms with Crippen molar-refractivity contribution in [1.29, 1.82) is 0 Å². The molecule has 0 amide bonds. The molecule has 0 spiro atoms. The molecule has 338 valence electrons. The lowest BCUT2D eigenvalue weighted by atomic mass is 9.73. The molecule has 0 aliphatic rings. The first-order valence-electron chi connectivity index (χ1n) is 25.3. The Kier molecular flexibility index (Phi) is 8.88. The summed E-state index contributed by atoms with van der Waals surface area (Å²) >= 11 is 0. The van der Waals surface area contributed by atoms with Gasteiger partial charge in [0.05, 0.1) is 16.9 Å². The highest BCUT2D eigenvalue weighted by Gasteiger charge is 2.30. The van der Waals surface area contributed by atoms with Crippen LogP contribution < -0.4 is 0 Å². The molecule has 0 unspecified atom stereocenters. The zero-order chi connectivity index (χ0) is 47.9. The first-order chi connectivity index (χ1) is 34.5. The van der Waals surface area contributed by atoms with Crippen LogP contribution in [-0.2, 0) is 10.8 Å². The lowest BCUT2D eigenvalue weighted by molar-refractivity contribution is 0.593. The van der Waals surface area contributed by atoms with Gasteiger partial charge in [-0.1, -0.05) is 236 Å². The Hall–Kier alpha value is -8.26. The van der Waals surface area contributed by atoms with Gasteiger partial charge in [-0.15, -0.1) is 0 Å². The zero-order valence-electron chi connectivity index (χ0n) is 41.2. The molecule has 0 N–H and O–H groups in total. The molecule has 1 heterocycles. The quantitative estimate of drug-likeness (QED) is 0.122. The number of aromatic nitrogens is 1. The predicted octanol–water partition coefficient (Wildman–Crippen LogP) is 19.9. The average molecular weight is 908 g/mol. The van der Waals surface area contributed by atoms with Gasteiger partial charge in [0.15, 0.2) is 0 Å². The topological polar surface area (TPSA) is 4.93 Å². The van der Waals surface area contributed by atoms with Crippen LogP contribution in [0.25, 0.3) is 136 Å². The smallest absolute Gasteiger partial charge is 0.0626 e. The minimum absolute atomic E-state index is 0.0568. The third kappa shape index (κ3) is 6.06. The summed E-state index contributed by atoms with van der Waals surface area (Å²) < 4.78 is 2.64. The van der Waals surface area contributed by atoms with E-state index in [2.05, 4.69) is 258 Å². The molecule has 1 nitrogen and oxygen atoms in total. The molecule has 0 aliphatic heterocycles. The molecule has 0 atom stereocenters. The van der Waals surface area contributed by atoms with Crippen molar-refractivity contribution in [2.45, 2.75) is 52.4 Å². The summed E-state index contributed by atoms with van der Waals surface area (Å²) in [6.07, 6.45) is 0. The van der Waals surface area contributed by atoms with Crippen molar-refractivity contribution >= 4 is 97.1 Å². The number of rotatable bonds is 4. The van der Waals surface area contributed by atoms with Gasteiger partial charge in [0, 0.05) is 27.1 Å². The van der Waals surface area contributed by atoms with Crippen molar-refractivity contribution in [1.82, 2.24) is 4.57 Å². The van der Waals surface area contributed by atoms with Crippen LogP contribution in [0.1, 0.15) is 52.7 Å². The second kappa shape index (κ2) is 15.1. The maximum Gasteiger partial charge on any atom is 0.0626 e. The standard InChI is InChI=1S/C70H53N/c1-69(2,3)65-51-29-16-17-30-52(51)66(70(4,5)6)58-40-47(35-37-53(58)65)56-41-57-49-27-14-18-31-54(49)68-64(63(57)50-28-15-13-26-48(50)56)62(42-20-9-7-10-21-42)67(46-22-11-8-12-23-46)71(68)59-39-36-45-33-32-43-24-19-25-44-34-38-55(59)61(45)60(43)44/h7-41H,1-6H3. The number of nitrogens with zero attached hydrogens (tertiary/aromatic N) is 1. The molecule has 0 fully saturated rings. The van der Waals surface area contributed by atoms with E-state index < -0.39 is 0 Å². The molecule has 14 aromatic rings. The molecular weight excluding hydrogens is 855 g/mol. The molecule has 1 aromatic heterocycles. The Morgan fingerprint density at radius 2 is 0.803 bits per heavy atom. The maximum atomic E-state index is 2.64. The first kappa shape index (κ1) is 41.7. The molecule has 13 aromatic carbocycles. The minimum Gasteiger partial charge on any atom is -0.307 e. The van der Waals surface area contributed by atoms with E-state index in [1.54, 1.807) is 0 Å². The first-order valence-corrected chi connectivity index (χ1v) is 25.3. The molecular formula is C70H53N. The van der Waals surface area contributed by atoms with Crippen LogP contribution in [0.2, 0.25) is 0 Å². The average Bonchev–Trinajstić information content (AvgIpc) is 3.75. The summed E-state index contributed by atoms with van der Waals surface area (Å²) in [6.45, 7) is 14.2. The van der Waals surface area contributed by atoms with Crippen molar-refractivity contribution in [3.8, 4) is 39.2 Å². The summed E-state index contributed by atoms with van der Waals surface area (Å²) in [6, 6.07) is 80.4. The second-order valence-electron chi connectivity index (χ2n) is 21.9. The third-order valence-electron chi connectivity index (χ3n) is 15.6. The highest BCUT2D eigenvalue weighted by molar-refractivity contribution is 6.37. The van der Waals surface area contributed by atoms with Gasteiger partial charge >= 0.3 is 0 Å². The summed E-state index contributed by atoms with van der Waals surface area (Å²) in [5.41, 5.74) is 12.4. The van der Waals surface area contributed by atoms with E-state index in [0.717, 1.165) is 0 Å². The van der Waals surface area contributed by atoms with E-state index in [1.807, 2.05) is 0 Å². The Morgan fingerprint density at radius 1 is 0.296 bits per heavy atom. The van der Waals surface area contributed by atoms with Gasteiger partial charge in [0.2, 0.25) is 0 Å². The Bertz CT molecular complexity index is 4480. The van der Waals surface area contributed by atoms with Gasteiger partial charge in [-0.05, 0) is 132 Å². The lowest BCUT2D eigenvalue weighted by Gasteiger charge is -2.30. The normalized spacial score (nSPS) is 12.6. The van der Waals surface area contributed by atoms with E-state index in [0.29, 0.717) is 0 Å². The summed E-state index contributed by atoms with van der Waals surface area (Å²) in [5.74, 6) is 0. The SMILES string of the molecule is CC(C)(C)c1c2ccccc2c(C(C)(C)C)c2cc(-c3cc4c5ccccc5c5c(c(-c6ccccc6)c(-c6ccccc6)n5-c5ccc6ccc7cccc8ccc5c6c78)c4c4ccccc34)ccc12. The highest BCUT2D eigenvalue weighted by atomic mass is 15.0. The van der Waals surface area contributed by atoms with E-state index in [4.69, 9.17) is 0 Å². The van der Waals surface area contributed by atoms with Crippen LogP contribution in [0.15, 0.2) is 212 Å².